The van der Waals surface area contributed by atoms with Crippen LogP contribution in [0, 0.1) is 0 Å². The van der Waals surface area contributed by atoms with E-state index in [1.54, 1.807) is 36.2 Å². The number of benzene rings is 2. The summed E-state index contributed by atoms with van der Waals surface area (Å²) in [5.41, 5.74) is 2.45. The van der Waals surface area contributed by atoms with E-state index in [2.05, 4.69) is 10.6 Å². The van der Waals surface area contributed by atoms with E-state index in [0.717, 1.165) is 5.56 Å². The largest absolute Gasteiger partial charge is 0.326 e. The van der Waals surface area contributed by atoms with Crippen molar-refractivity contribution >= 4 is 23.3 Å². The van der Waals surface area contributed by atoms with Gasteiger partial charge in [-0.3, -0.25) is 4.79 Å². The quantitative estimate of drug-likeness (QED) is 0.909. The number of carbonyl (C=O) groups excluding carboxylic acids is 2. The molecule has 5 nitrogen and oxygen atoms in total. The van der Waals surface area contributed by atoms with Crippen LogP contribution in [0.25, 0.3) is 0 Å². The highest BCUT2D eigenvalue weighted by Gasteiger charge is 2.09. The van der Waals surface area contributed by atoms with Gasteiger partial charge in [0.05, 0.1) is 0 Å². The molecule has 5 heteroatoms. The Kier molecular flexibility index (Phi) is 5.14. The zero-order valence-electron chi connectivity index (χ0n) is 12.7. The first-order valence-electron chi connectivity index (χ1n) is 6.98. The number of hydrogen-bond acceptors (Lipinski definition) is 2. The average Bonchev–Trinajstić information content (AvgIpc) is 2.49. The molecule has 2 N–H and O–H groups in total. The molecule has 0 bridgehead atoms. The normalized spacial score (nSPS) is 9.91. The Morgan fingerprint density at radius 3 is 2.00 bits per heavy atom. The van der Waals surface area contributed by atoms with Gasteiger partial charge in [-0.2, -0.15) is 0 Å². The van der Waals surface area contributed by atoms with Gasteiger partial charge in [-0.05, 0) is 29.8 Å². The van der Waals surface area contributed by atoms with E-state index in [1.807, 2.05) is 30.3 Å². The molecule has 0 aliphatic heterocycles. The summed E-state index contributed by atoms with van der Waals surface area (Å²) in [6.07, 6.45) is 0. The molecule has 0 aliphatic rings. The number of carbonyl (C=O) groups is 2. The van der Waals surface area contributed by atoms with Gasteiger partial charge in [0.1, 0.15) is 0 Å². The summed E-state index contributed by atoms with van der Waals surface area (Å²) in [7, 11) is 1.74. The van der Waals surface area contributed by atoms with Gasteiger partial charge in [0, 0.05) is 31.9 Å². The fraction of sp³-hybridized carbons (Fsp3) is 0.176. The lowest BCUT2D eigenvalue weighted by Crippen LogP contribution is -2.30. The van der Waals surface area contributed by atoms with Gasteiger partial charge in [0.15, 0.2) is 0 Å². The van der Waals surface area contributed by atoms with E-state index in [4.69, 9.17) is 0 Å². The van der Waals surface area contributed by atoms with Crippen LogP contribution in [0.15, 0.2) is 54.6 Å². The van der Waals surface area contributed by atoms with Gasteiger partial charge in [-0.25, -0.2) is 4.79 Å². The highest BCUT2D eigenvalue weighted by Crippen LogP contribution is 2.14. The van der Waals surface area contributed by atoms with E-state index < -0.39 is 0 Å². The Morgan fingerprint density at radius 2 is 1.45 bits per heavy atom. The Balaban J connectivity index is 1.92. The molecule has 2 aromatic rings. The fourth-order valence-electron chi connectivity index (χ4n) is 1.99. The average molecular weight is 297 g/mol. The number of anilines is 2. The van der Waals surface area contributed by atoms with Crippen LogP contribution < -0.4 is 10.6 Å². The second-order valence-electron chi connectivity index (χ2n) is 5.03. The molecule has 0 fully saturated rings. The number of hydrogen-bond donors (Lipinski definition) is 2. The SMILES string of the molecule is CC(=O)Nc1ccc(NC(=O)N(C)Cc2ccccc2)cc1. The molecule has 0 spiro atoms. The van der Waals surface area contributed by atoms with Crippen molar-refractivity contribution in [2.75, 3.05) is 17.7 Å². The zero-order valence-corrected chi connectivity index (χ0v) is 12.7. The predicted octanol–water partition coefficient (Wildman–Crippen LogP) is 3.31. The van der Waals surface area contributed by atoms with Crippen molar-refractivity contribution in [1.82, 2.24) is 4.90 Å². The van der Waals surface area contributed by atoms with Crippen LogP contribution in [-0.4, -0.2) is 23.9 Å². The Hall–Kier alpha value is -2.82. The zero-order chi connectivity index (χ0) is 15.9. The van der Waals surface area contributed by atoms with Crippen molar-refractivity contribution in [3.63, 3.8) is 0 Å². The molecular formula is C17H19N3O2. The summed E-state index contributed by atoms with van der Waals surface area (Å²) < 4.78 is 0. The van der Waals surface area contributed by atoms with Crippen molar-refractivity contribution in [2.45, 2.75) is 13.5 Å². The summed E-state index contributed by atoms with van der Waals surface area (Å²) in [4.78, 5) is 24.7. The van der Waals surface area contributed by atoms with Crippen LogP contribution in [0.4, 0.5) is 16.2 Å². The maximum atomic E-state index is 12.1. The first kappa shape index (κ1) is 15.6. The molecule has 114 valence electrons. The van der Waals surface area contributed by atoms with Gasteiger partial charge in [0.2, 0.25) is 5.91 Å². The molecule has 2 rings (SSSR count). The van der Waals surface area contributed by atoms with Crippen LogP contribution in [0.3, 0.4) is 0 Å². The minimum atomic E-state index is -0.184. The lowest BCUT2D eigenvalue weighted by atomic mass is 10.2. The first-order chi connectivity index (χ1) is 10.5. The second kappa shape index (κ2) is 7.26. The maximum Gasteiger partial charge on any atom is 0.321 e. The second-order valence-corrected chi connectivity index (χ2v) is 5.03. The molecule has 2 aromatic carbocycles. The van der Waals surface area contributed by atoms with Gasteiger partial charge in [0.25, 0.3) is 0 Å². The molecule has 0 aliphatic carbocycles. The number of nitrogens with one attached hydrogen (secondary N) is 2. The van der Waals surface area contributed by atoms with Gasteiger partial charge in [-0.15, -0.1) is 0 Å². The molecule has 0 atom stereocenters. The summed E-state index contributed by atoms with van der Waals surface area (Å²) in [5, 5.41) is 5.50. The lowest BCUT2D eigenvalue weighted by Gasteiger charge is -2.18. The van der Waals surface area contributed by atoms with Crippen molar-refractivity contribution in [3.05, 3.63) is 60.2 Å². The predicted molar refractivity (Wildman–Crippen MR) is 87.7 cm³/mol. The first-order valence-corrected chi connectivity index (χ1v) is 6.98. The van der Waals surface area contributed by atoms with Crippen molar-refractivity contribution in [2.24, 2.45) is 0 Å². The van der Waals surface area contributed by atoms with Crippen LogP contribution >= 0.6 is 0 Å². The molecule has 3 amide bonds. The number of nitrogens with zero attached hydrogens (tertiary/aromatic N) is 1. The summed E-state index contributed by atoms with van der Waals surface area (Å²) in [6.45, 7) is 1.99. The number of amides is 3. The number of rotatable bonds is 4. The molecule has 0 aromatic heterocycles. The van der Waals surface area contributed by atoms with Gasteiger partial charge < -0.3 is 15.5 Å². The van der Waals surface area contributed by atoms with Crippen LogP contribution in [0.2, 0.25) is 0 Å². The van der Waals surface area contributed by atoms with E-state index in [0.29, 0.717) is 17.9 Å². The van der Waals surface area contributed by atoms with Gasteiger partial charge >= 0.3 is 6.03 Å². The highest BCUT2D eigenvalue weighted by molar-refractivity contribution is 5.91. The Bertz CT molecular complexity index is 639. The third-order valence-electron chi connectivity index (χ3n) is 3.07. The standard InChI is InChI=1S/C17H19N3O2/c1-13(21)18-15-8-10-16(11-9-15)19-17(22)20(2)12-14-6-4-3-5-7-14/h3-11H,12H2,1-2H3,(H,18,21)(H,19,22). The fourth-order valence-corrected chi connectivity index (χ4v) is 1.99. The monoisotopic (exact) mass is 297 g/mol. The van der Waals surface area contributed by atoms with Crippen LogP contribution in [0.5, 0.6) is 0 Å². The highest BCUT2D eigenvalue weighted by atomic mass is 16.2. The molecule has 0 saturated carbocycles. The van der Waals surface area contributed by atoms with Crippen molar-refractivity contribution in [3.8, 4) is 0 Å². The summed E-state index contributed by atoms with van der Waals surface area (Å²) >= 11 is 0. The van der Waals surface area contributed by atoms with E-state index in [9.17, 15) is 9.59 Å². The summed E-state index contributed by atoms with van der Waals surface area (Å²) in [5.74, 6) is -0.126. The van der Waals surface area contributed by atoms with Crippen molar-refractivity contribution < 1.29 is 9.59 Å². The van der Waals surface area contributed by atoms with Crippen LogP contribution in [-0.2, 0) is 11.3 Å². The topological polar surface area (TPSA) is 61.4 Å². The third-order valence-corrected chi connectivity index (χ3v) is 3.07. The molecule has 22 heavy (non-hydrogen) atoms. The molecular weight excluding hydrogens is 278 g/mol. The van der Waals surface area contributed by atoms with E-state index in [-0.39, 0.29) is 11.9 Å². The molecule has 0 saturated heterocycles. The summed E-state index contributed by atoms with van der Waals surface area (Å²) in [6, 6.07) is 16.6. The minimum Gasteiger partial charge on any atom is -0.326 e. The third kappa shape index (κ3) is 4.63. The minimum absolute atomic E-state index is 0.126. The lowest BCUT2D eigenvalue weighted by molar-refractivity contribution is -0.114. The number of urea groups is 1. The molecule has 0 heterocycles. The van der Waals surface area contributed by atoms with Gasteiger partial charge in [-0.1, -0.05) is 30.3 Å². The Labute approximate surface area is 129 Å². The van der Waals surface area contributed by atoms with Crippen molar-refractivity contribution in [1.29, 1.82) is 0 Å². The maximum absolute atomic E-state index is 12.1. The van der Waals surface area contributed by atoms with E-state index >= 15 is 0 Å². The molecule has 0 unspecified atom stereocenters. The smallest absolute Gasteiger partial charge is 0.321 e. The van der Waals surface area contributed by atoms with Crippen LogP contribution in [0.1, 0.15) is 12.5 Å². The molecule has 0 radical (unpaired) electrons. The Morgan fingerprint density at radius 1 is 0.909 bits per heavy atom. The van der Waals surface area contributed by atoms with E-state index in [1.165, 1.54) is 6.92 Å².